The van der Waals surface area contributed by atoms with Crippen LogP contribution >= 0.6 is 22.0 Å². The molecule has 0 saturated heterocycles. The molecule has 0 aliphatic heterocycles. The van der Waals surface area contributed by atoms with Gasteiger partial charge in [-0.05, 0) is 25.7 Å². The number of rotatable bonds is 9. The minimum atomic E-state index is 0.603. The van der Waals surface area contributed by atoms with E-state index in [0.717, 1.165) is 13.1 Å². The maximum absolute atomic E-state index is 8.97. The number of hydrogen-bond acceptors (Lipinski definition) is 6. The number of hydrogen-bond donors (Lipinski definition) is 0. The molecule has 0 bridgehead atoms. The van der Waals surface area contributed by atoms with Crippen molar-refractivity contribution < 1.29 is 0 Å². The van der Waals surface area contributed by atoms with Crippen molar-refractivity contribution in [2.45, 2.75) is 89.1 Å². The summed E-state index contributed by atoms with van der Waals surface area (Å²) < 4.78 is 4.91. The average Bonchev–Trinajstić information content (AvgIpc) is 2.65. The Kier molecular flexibility index (Phi) is 9.99. The Morgan fingerprint density at radius 3 is 1.38 bits per heavy atom. The fourth-order valence-electron chi connectivity index (χ4n) is 3.71. The van der Waals surface area contributed by atoms with E-state index in [-0.39, 0.29) is 0 Å². The topological polar surface area (TPSA) is 54.1 Å². The van der Waals surface area contributed by atoms with Crippen molar-refractivity contribution in [1.82, 2.24) is 8.61 Å². The lowest BCUT2D eigenvalue weighted by Crippen LogP contribution is -2.34. The molecule has 0 atom stereocenters. The molecule has 6 heteroatoms. The van der Waals surface area contributed by atoms with Gasteiger partial charge in [0, 0.05) is 60.0 Å². The summed E-state index contributed by atoms with van der Waals surface area (Å²) in [5.41, 5.74) is 0. The largest absolute Gasteiger partial charge is 0.236 e. The van der Waals surface area contributed by atoms with Crippen LogP contribution in [-0.4, -0.2) is 33.8 Å². The molecule has 2 aliphatic carbocycles. The van der Waals surface area contributed by atoms with E-state index in [1.54, 1.807) is 0 Å². The van der Waals surface area contributed by atoms with Gasteiger partial charge < -0.3 is 0 Å². The first-order valence-electron chi connectivity index (χ1n) is 9.47. The maximum atomic E-state index is 8.97. The molecule has 0 spiro atoms. The van der Waals surface area contributed by atoms with Crippen molar-refractivity contribution in [2.75, 3.05) is 13.1 Å². The third kappa shape index (κ3) is 6.84. The van der Waals surface area contributed by atoms with Crippen LogP contribution in [0.3, 0.4) is 0 Å². The fourth-order valence-corrected chi connectivity index (χ4v) is 6.56. The summed E-state index contributed by atoms with van der Waals surface area (Å²) in [6.45, 7) is 1.71. The first kappa shape index (κ1) is 19.9. The zero-order valence-electron chi connectivity index (χ0n) is 14.7. The molecule has 134 valence electrons. The lowest BCUT2D eigenvalue weighted by atomic mass is 9.95. The minimum absolute atomic E-state index is 0.603. The Morgan fingerprint density at radius 1 is 0.667 bits per heavy atom. The summed E-state index contributed by atoms with van der Waals surface area (Å²) in [4.78, 5) is 0. The predicted octanol–water partition coefficient (Wildman–Crippen LogP) is 5.29. The molecule has 0 aromatic heterocycles. The van der Waals surface area contributed by atoms with E-state index in [4.69, 9.17) is 10.5 Å². The van der Waals surface area contributed by atoms with Crippen LogP contribution in [0.25, 0.3) is 0 Å². The average molecular weight is 367 g/mol. The van der Waals surface area contributed by atoms with E-state index in [0.29, 0.717) is 24.9 Å². The summed E-state index contributed by atoms with van der Waals surface area (Å²) in [5, 5.41) is 17.9. The van der Waals surface area contributed by atoms with Crippen LogP contribution < -0.4 is 0 Å². The van der Waals surface area contributed by atoms with Crippen molar-refractivity contribution in [3.63, 3.8) is 0 Å². The lowest BCUT2D eigenvalue weighted by molar-refractivity contribution is 0.273. The molecule has 0 aromatic rings. The minimum Gasteiger partial charge on any atom is -0.236 e. The van der Waals surface area contributed by atoms with Crippen molar-refractivity contribution in [2.24, 2.45) is 0 Å². The van der Waals surface area contributed by atoms with Gasteiger partial charge in [0.2, 0.25) is 0 Å². The van der Waals surface area contributed by atoms with Gasteiger partial charge in [0.25, 0.3) is 0 Å². The van der Waals surface area contributed by atoms with Crippen LogP contribution in [0, 0.1) is 22.7 Å². The summed E-state index contributed by atoms with van der Waals surface area (Å²) in [5.74, 6) is 0. The van der Waals surface area contributed by atoms with Crippen molar-refractivity contribution in [3.8, 4) is 12.1 Å². The molecule has 0 unspecified atom stereocenters. The SMILES string of the molecule is N#CCCN(SSN(CCC#N)C1CCCCC1)C1CCCCC1. The van der Waals surface area contributed by atoms with Crippen LogP contribution in [0.5, 0.6) is 0 Å². The van der Waals surface area contributed by atoms with Gasteiger partial charge in [-0.15, -0.1) is 0 Å². The van der Waals surface area contributed by atoms with Gasteiger partial charge in [-0.1, -0.05) is 38.5 Å². The van der Waals surface area contributed by atoms with Crippen molar-refractivity contribution in [3.05, 3.63) is 0 Å². The maximum Gasteiger partial charge on any atom is 0.0635 e. The second-order valence-corrected chi connectivity index (χ2v) is 8.96. The summed E-state index contributed by atoms with van der Waals surface area (Å²) in [6.07, 6.45) is 14.3. The second-order valence-electron chi connectivity index (χ2n) is 6.83. The van der Waals surface area contributed by atoms with E-state index in [9.17, 15) is 0 Å². The first-order valence-corrected chi connectivity index (χ1v) is 11.5. The molecular weight excluding hydrogens is 336 g/mol. The summed E-state index contributed by atoms with van der Waals surface area (Å²) in [6, 6.07) is 5.84. The van der Waals surface area contributed by atoms with Gasteiger partial charge in [-0.3, -0.25) is 0 Å². The van der Waals surface area contributed by atoms with Gasteiger partial charge >= 0.3 is 0 Å². The van der Waals surface area contributed by atoms with Crippen LogP contribution in [0.1, 0.15) is 77.0 Å². The molecule has 2 saturated carbocycles. The Balaban J connectivity index is 1.89. The molecule has 0 N–H and O–H groups in total. The van der Waals surface area contributed by atoms with Crippen molar-refractivity contribution >= 4 is 22.0 Å². The van der Waals surface area contributed by atoms with Crippen LogP contribution in [0.4, 0.5) is 0 Å². The van der Waals surface area contributed by atoms with Crippen molar-refractivity contribution in [1.29, 1.82) is 10.5 Å². The Bertz CT molecular complexity index is 380. The highest BCUT2D eigenvalue weighted by Crippen LogP contribution is 2.39. The molecule has 2 fully saturated rings. The molecule has 0 radical (unpaired) electrons. The quantitative estimate of drug-likeness (QED) is 0.408. The third-order valence-corrected chi connectivity index (χ3v) is 7.84. The molecule has 0 heterocycles. The Morgan fingerprint density at radius 2 is 1.04 bits per heavy atom. The number of nitriles is 2. The number of nitrogens with zero attached hydrogens (tertiary/aromatic N) is 4. The highest BCUT2D eigenvalue weighted by molar-refractivity contribution is 8.74. The van der Waals surface area contributed by atoms with E-state index in [2.05, 4.69) is 20.7 Å². The van der Waals surface area contributed by atoms with Crippen LogP contribution in [0.2, 0.25) is 0 Å². The fraction of sp³-hybridized carbons (Fsp3) is 0.889. The molecule has 4 nitrogen and oxygen atoms in total. The van der Waals surface area contributed by atoms with Gasteiger partial charge in [0.1, 0.15) is 0 Å². The zero-order chi connectivity index (χ0) is 17.0. The zero-order valence-corrected chi connectivity index (χ0v) is 16.3. The van der Waals surface area contributed by atoms with Gasteiger partial charge in [-0.25, -0.2) is 8.61 Å². The first-order chi connectivity index (χ1) is 11.8. The smallest absolute Gasteiger partial charge is 0.0635 e. The highest BCUT2D eigenvalue weighted by atomic mass is 33.1. The molecule has 2 aliphatic rings. The molecule has 0 amide bonds. The van der Waals surface area contributed by atoms with E-state index >= 15 is 0 Å². The second kappa shape index (κ2) is 12.0. The van der Waals surface area contributed by atoms with E-state index in [1.165, 1.54) is 64.2 Å². The molecule has 2 rings (SSSR count). The standard InChI is InChI=1S/C18H30N4S2/c19-13-7-15-21(17-9-3-1-4-10-17)23-24-22(16-8-14-20)18-11-5-2-6-12-18/h17-18H,1-12,15-16H2. The summed E-state index contributed by atoms with van der Waals surface area (Å²) >= 11 is 0. The highest BCUT2D eigenvalue weighted by Gasteiger charge is 2.26. The van der Waals surface area contributed by atoms with Gasteiger partial charge in [0.05, 0.1) is 12.1 Å². The molecular formula is C18H30N4S2. The summed E-state index contributed by atoms with van der Waals surface area (Å²) in [7, 11) is 3.67. The third-order valence-electron chi connectivity index (χ3n) is 5.08. The Hall–Kier alpha value is -0.400. The van der Waals surface area contributed by atoms with Gasteiger partial charge in [0.15, 0.2) is 0 Å². The van der Waals surface area contributed by atoms with Gasteiger partial charge in [-0.2, -0.15) is 10.5 Å². The van der Waals surface area contributed by atoms with E-state index < -0.39 is 0 Å². The van der Waals surface area contributed by atoms with E-state index in [1.807, 2.05) is 22.0 Å². The lowest BCUT2D eigenvalue weighted by Gasteiger charge is -2.36. The Labute approximate surface area is 155 Å². The van der Waals surface area contributed by atoms with Crippen LogP contribution in [0.15, 0.2) is 0 Å². The molecule has 0 aromatic carbocycles. The monoisotopic (exact) mass is 366 g/mol. The van der Waals surface area contributed by atoms with Crippen LogP contribution in [-0.2, 0) is 0 Å². The predicted molar refractivity (Wildman–Crippen MR) is 103 cm³/mol. The normalized spacial score (nSPS) is 20.2. The molecule has 24 heavy (non-hydrogen) atoms.